The molecule has 2 rings (SSSR count). The predicted octanol–water partition coefficient (Wildman–Crippen LogP) is 1.04. The molecule has 0 saturated heterocycles. The Morgan fingerprint density at radius 1 is 1.67 bits per heavy atom. The van der Waals surface area contributed by atoms with E-state index < -0.39 is 0 Å². The highest BCUT2D eigenvalue weighted by Crippen LogP contribution is 2.18. The first-order valence-electron chi connectivity index (χ1n) is 5.30. The van der Waals surface area contributed by atoms with Crippen LogP contribution in [-0.2, 0) is 11.3 Å². The first-order chi connectivity index (χ1) is 7.25. The van der Waals surface area contributed by atoms with Gasteiger partial charge in [-0.05, 0) is 25.8 Å². The number of carbonyl (C=O) groups excluding carboxylic acids is 1. The molecular weight excluding hydrogens is 192 g/mol. The summed E-state index contributed by atoms with van der Waals surface area (Å²) in [6.07, 6.45) is 5.56. The molecule has 1 aromatic rings. The van der Waals surface area contributed by atoms with Gasteiger partial charge in [0.15, 0.2) is 0 Å². The number of carbonyl (C=O) groups is 1. The minimum Gasteiger partial charge on any atom is -0.472 e. The van der Waals surface area contributed by atoms with Crippen LogP contribution < -0.4 is 10.6 Å². The van der Waals surface area contributed by atoms with E-state index in [9.17, 15) is 4.79 Å². The third kappa shape index (κ3) is 3.09. The predicted molar refractivity (Wildman–Crippen MR) is 56.2 cm³/mol. The Kier molecular flexibility index (Phi) is 3.06. The summed E-state index contributed by atoms with van der Waals surface area (Å²) in [4.78, 5) is 11.6. The molecule has 15 heavy (non-hydrogen) atoms. The summed E-state index contributed by atoms with van der Waals surface area (Å²) in [5.74, 6) is 0.0843. The van der Waals surface area contributed by atoms with Crippen molar-refractivity contribution >= 4 is 5.91 Å². The molecule has 1 heterocycles. The van der Waals surface area contributed by atoms with E-state index in [-0.39, 0.29) is 11.9 Å². The SMILES string of the molecule is CC(NCc1ccoc1)C(=O)NC1CC1. The summed E-state index contributed by atoms with van der Waals surface area (Å²) >= 11 is 0. The largest absolute Gasteiger partial charge is 0.472 e. The summed E-state index contributed by atoms with van der Waals surface area (Å²) in [7, 11) is 0. The lowest BCUT2D eigenvalue weighted by Gasteiger charge is -2.12. The summed E-state index contributed by atoms with van der Waals surface area (Å²) < 4.78 is 4.94. The summed E-state index contributed by atoms with van der Waals surface area (Å²) in [5, 5.41) is 6.10. The molecule has 0 aromatic carbocycles. The minimum absolute atomic E-state index is 0.0843. The highest BCUT2D eigenvalue weighted by atomic mass is 16.3. The number of furan rings is 1. The average Bonchev–Trinajstić information content (AvgIpc) is 2.88. The van der Waals surface area contributed by atoms with Crippen LogP contribution in [0.2, 0.25) is 0 Å². The van der Waals surface area contributed by atoms with Gasteiger partial charge in [0.1, 0.15) is 0 Å². The van der Waals surface area contributed by atoms with E-state index in [0.717, 1.165) is 18.4 Å². The molecule has 4 nitrogen and oxygen atoms in total. The monoisotopic (exact) mass is 208 g/mol. The standard InChI is InChI=1S/C11H16N2O2/c1-8(11(14)13-10-2-3-10)12-6-9-4-5-15-7-9/h4-5,7-8,10,12H,2-3,6H2,1H3,(H,13,14). The van der Waals surface area contributed by atoms with Gasteiger partial charge in [-0.2, -0.15) is 0 Å². The second-order valence-corrected chi connectivity index (χ2v) is 4.02. The van der Waals surface area contributed by atoms with Gasteiger partial charge in [0, 0.05) is 18.2 Å². The van der Waals surface area contributed by atoms with Crippen LogP contribution >= 0.6 is 0 Å². The number of rotatable bonds is 5. The molecule has 82 valence electrons. The van der Waals surface area contributed by atoms with Gasteiger partial charge in [-0.1, -0.05) is 0 Å². The topological polar surface area (TPSA) is 54.3 Å². The van der Waals surface area contributed by atoms with E-state index in [2.05, 4.69) is 10.6 Å². The van der Waals surface area contributed by atoms with Crippen LogP contribution in [-0.4, -0.2) is 18.0 Å². The smallest absolute Gasteiger partial charge is 0.237 e. The molecule has 0 aliphatic heterocycles. The zero-order valence-corrected chi connectivity index (χ0v) is 8.82. The highest BCUT2D eigenvalue weighted by molar-refractivity contribution is 5.81. The summed E-state index contributed by atoms with van der Waals surface area (Å²) in [5.41, 5.74) is 1.06. The maximum absolute atomic E-state index is 11.6. The Hall–Kier alpha value is -1.29. The molecule has 1 fully saturated rings. The van der Waals surface area contributed by atoms with Crippen LogP contribution in [0.1, 0.15) is 25.3 Å². The van der Waals surface area contributed by atoms with Gasteiger partial charge in [0.2, 0.25) is 5.91 Å². The Labute approximate surface area is 89.0 Å². The fourth-order valence-electron chi connectivity index (χ4n) is 1.31. The van der Waals surface area contributed by atoms with Gasteiger partial charge in [0.25, 0.3) is 0 Å². The minimum atomic E-state index is -0.152. The number of hydrogen-bond acceptors (Lipinski definition) is 3. The number of hydrogen-bond donors (Lipinski definition) is 2. The highest BCUT2D eigenvalue weighted by Gasteiger charge is 2.25. The van der Waals surface area contributed by atoms with E-state index in [4.69, 9.17) is 4.42 Å². The van der Waals surface area contributed by atoms with Gasteiger partial charge in [0.05, 0.1) is 18.6 Å². The molecule has 1 aromatic heterocycles. The van der Waals surface area contributed by atoms with Gasteiger partial charge >= 0.3 is 0 Å². The van der Waals surface area contributed by atoms with Gasteiger partial charge in [-0.3, -0.25) is 4.79 Å². The second-order valence-electron chi connectivity index (χ2n) is 4.02. The normalized spacial score (nSPS) is 17.4. The van der Waals surface area contributed by atoms with E-state index in [1.165, 1.54) is 0 Å². The lowest BCUT2D eigenvalue weighted by molar-refractivity contribution is -0.122. The first-order valence-corrected chi connectivity index (χ1v) is 5.30. The Bertz CT molecular complexity index is 317. The molecule has 1 saturated carbocycles. The summed E-state index contributed by atoms with van der Waals surface area (Å²) in [6, 6.07) is 2.16. The van der Waals surface area contributed by atoms with Crippen molar-refractivity contribution in [3.63, 3.8) is 0 Å². The number of amides is 1. The van der Waals surface area contributed by atoms with Crippen LogP contribution in [0.5, 0.6) is 0 Å². The Morgan fingerprint density at radius 2 is 2.47 bits per heavy atom. The molecular formula is C11H16N2O2. The Balaban J connectivity index is 1.71. The molecule has 1 unspecified atom stereocenters. The summed E-state index contributed by atoms with van der Waals surface area (Å²) in [6.45, 7) is 2.54. The molecule has 1 aliphatic rings. The molecule has 1 atom stereocenters. The van der Waals surface area contributed by atoms with Crippen molar-refractivity contribution in [1.29, 1.82) is 0 Å². The van der Waals surface area contributed by atoms with Gasteiger partial charge in [-0.15, -0.1) is 0 Å². The molecule has 0 radical (unpaired) electrons. The molecule has 0 spiro atoms. The zero-order chi connectivity index (χ0) is 10.7. The molecule has 2 N–H and O–H groups in total. The molecule has 1 aliphatic carbocycles. The zero-order valence-electron chi connectivity index (χ0n) is 8.82. The third-order valence-electron chi connectivity index (χ3n) is 2.51. The molecule has 4 heteroatoms. The quantitative estimate of drug-likeness (QED) is 0.760. The van der Waals surface area contributed by atoms with Crippen molar-refractivity contribution in [1.82, 2.24) is 10.6 Å². The average molecular weight is 208 g/mol. The van der Waals surface area contributed by atoms with Crippen molar-refractivity contribution in [2.45, 2.75) is 38.4 Å². The van der Waals surface area contributed by atoms with Crippen molar-refractivity contribution < 1.29 is 9.21 Å². The van der Waals surface area contributed by atoms with Crippen molar-refractivity contribution in [2.75, 3.05) is 0 Å². The first kappa shape index (κ1) is 10.2. The lowest BCUT2D eigenvalue weighted by atomic mass is 10.2. The van der Waals surface area contributed by atoms with Crippen LogP contribution in [0, 0.1) is 0 Å². The number of nitrogens with one attached hydrogen (secondary N) is 2. The van der Waals surface area contributed by atoms with Crippen LogP contribution in [0.25, 0.3) is 0 Å². The maximum atomic E-state index is 11.6. The van der Waals surface area contributed by atoms with Crippen LogP contribution in [0.15, 0.2) is 23.0 Å². The van der Waals surface area contributed by atoms with Gasteiger partial charge in [-0.25, -0.2) is 0 Å². The van der Waals surface area contributed by atoms with E-state index in [0.29, 0.717) is 12.6 Å². The molecule has 1 amide bonds. The van der Waals surface area contributed by atoms with Crippen molar-refractivity contribution in [3.8, 4) is 0 Å². The fourth-order valence-corrected chi connectivity index (χ4v) is 1.31. The van der Waals surface area contributed by atoms with E-state index in [1.807, 2.05) is 13.0 Å². The van der Waals surface area contributed by atoms with Gasteiger partial charge < -0.3 is 15.1 Å². The second kappa shape index (κ2) is 4.49. The van der Waals surface area contributed by atoms with Crippen molar-refractivity contribution in [3.05, 3.63) is 24.2 Å². The van der Waals surface area contributed by atoms with Crippen LogP contribution in [0.4, 0.5) is 0 Å². The lowest BCUT2D eigenvalue weighted by Crippen LogP contribution is -2.42. The van der Waals surface area contributed by atoms with E-state index in [1.54, 1.807) is 12.5 Å². The van der Waals surface area contributed by atoms with Crippen molar-refractivity contribution in [2.24, 2.45) is 0 Å². The Morgan fingerprint density at radius 3 is 3.07 bits per heavy atom. The molecule has 0 bridgehead atoms. The third-order valence-corrected chi connectivity index (χ3v) is 2.51. The van der Waals surface area contributed by atoms with E-state index >= 15 is 0 Å². The van der Waals surface area contributed by atoms with Crippen LogP contribution in [0.3, 0.4) is 0 Å². The fraction of sp³-hybridized carbons (Fsp3) is 0.545. The maximum Gasteiger partial charge on any atom is 0.237 e.